The molecule has 0 amide bonds. The van der Waals surface area contributed by atoms with E-state index in [4.69, 9.17) is 16.3 Å². The van der Waals surface area contributed by atoms with E-state index >= 15 is 0 Å². The number of hydrogen-bond donors (Lipinski definition) is 1. The zero-order chi connectivity index (χ0) is 14.6. The summed E-state index contributed by atoms with van der Waals surface area (Å²) >= 11 is 5.92. The summed E-state index contributed by atoms with van der Waals surface area (Å²) in [4.78, 5) is 0. The molecule has 0 heterocycles. The third-order valence-electron chi connectivity index (χ3n) is 3.51. The van der Waals surface area contributed by atoms with Gasteiger partial charge in [0.1, 0.15) is 11.4 Å². The van der Waals surface area contributed by atoms with Crippen LogP contribution in [0, 0.1) is 6.92 Å². The van der Waals surface area contributed by atoms with Gasteiger partial charge in [-0.3, -0.25) is 0 Å². The lowest BCUT2D eigenvalue weighted by molar-refractivity contribution is 0.0745. The van der Waals surface area contributed by atoms with Gasteiger partial charge in [-0.25, -0.2) is 0 Å². The van der Waals surface area contributed by atoms with Crippen LogP contribution in [0.4, 0.5) is 0 Å². The van der Waals surface area contributed by atoms with E-state index < -0.39 is 5.60 Å². The molecule has 3 heteroatoms. The van der Waals surface area contributed by atoms with E-state index in [1.54, 1.807) is 7.11 Å². The average molecular weight is 291 g/mol. The molecule has 0 radical (unpaired) electrons. The first-order chi connectivity index (χ1) is 9.61. The molecule has 106 valence electrons. The van der Waals surface area contributed by atoms with Gasteiger partial charge in [-0.1, -0.05) is 42.0 Å². The molecule has 2 aromatic carbocycles. The van der Waals surface area contributed by atoms with Crippen molar-refractivity contribution in [3.05, 3.63) is 65.2 Å². The van der Waals surface area contributed by atoms with Crippen LogP contribution >= 0.6 is 11.6 Å². The lowest BCUT2D eigenvalue weighted by atomic mass is 9.83. The minimum atomic E-state index is -1.14. The van der Waals surface area contributed by atoms with Crippen LogP contribution < -0.4 is 4.74 Å². The Bertz CT molecular complexity index is 568. The summed E-state index contributed by atoms with van der Waals surface area (Å²) in [6.45, 7) is 2.00. The van der Waals surface area contributed by atoms with Crippen molar-refractivity contribution >= 4 is 11.6 Å². The predicted molar refractivity (Wildman–Crippen MR) is 82.5 cm³/mol. The summed E-state index contributed by atoms with van der Waals surface area (Å²) in [7, 11) is 1.61. The van der Waals surface area contributed by atoms with Crippen LogP contribution in [-0.4, -0.2) is 18.1 Å². The Kier molecular flexibility index (Phi) is 4.69. The van der Waals surface area contributed by atoms with Gasteiger partial charge in [-0.2, -0.15) is 0 Å². The Morgan fingerprint density at radius 3 is 2.45 bits per heavy atom. The maximum atomic E-state index is 11.2. The Morgan fingerprint density at radius 2 is 1.85 bits per heavy atom. The monoisotopic (exact) mass is 290 g/mol. The fraction of sp³-hybridized carbons (Fsp3) is 0.294. The number of rotatable bonds is 5. The van der Waals surface area contributed by atoms with Gasteiger partial charge >= 0.3 is 0 Å². The van der Waals surface area contributed by atoms with Crippen molar-refractivity contribution in [3.8, 4) is 5.75 Å². The molecule has 1 atom stereocenters. The molecule has 20 heavy (non-hydrogen) atoms. The summed E-state index contributed by atoms with van der Waals surface area (Å²) in [5.41, 5.74) is 1.52. The fourth-order valence-corrected chi connectivity index (χ4v) is 2.70. The molecule has 0 aromatic heterocycles. The molecular formula is C17H19ClO2. The number of methoxy groups -OCH3 is 1. The van der Waals surface area contributed by atoms with Crippen molar-refractivity contribution in [2.45, 2.75) is 18.9 Å². The number of halogens is 1. The number of aryl methyl sites for hydroxylation is 1. The molecule has 0 fully saturated rings. The molecule has 1 N–H and O–H groups in total. The van der Waals surface area contributed by atoms with Gasteiger partial charge < -0.3 is 9.84 Å². The zero-order valence-corrected chi connectivity index (χ0v) is 12.5. The number of alkyl halides is 1. The molecule has 0 spiro atoms. The van der Waals surface area contributed by atoms with Crippen molar-refractivity contribution in [2.24, 2.45) is 0 Å². The van der Waals surface area contributed by atoms with E-state index in [1.165, 1.54) is 0 Å². The summed E-state index contributed by atoms with van der Waals surface area (Å²) in [6.07, 6.45) is 0.429. The first kappa shape index (κ1) is 14.9. The maximum absolute atomic E-state index is 11.2. The second-order valence-electron chi connectivity index (χ2n) is 4.87. The van der Waals surface area contributed by atoms with Gasteiger partial charge in [0, 0.05) is 11.4 Å². The van der Waals surface area contributed by atoms with Crippen molar-refractivity contribution in [3.63, 3.8) is 0 Å². The fourth-order valence-electron chi connectivity index (χ4n) is 2.43. The smallest absolute Gasteiger partial charge is 0.125 e. The third kappa shape index (κ3) is 2.82. The lowest BCUT2D eigenvalue weighted by Crippen LogP contribution is -2.28. The first-order valence-electron chi connectivity index (χ1n) is 6.61. The van der Waals surface area contributed by atoms with E-state index in [1.807, 2.05) is 55.5 Å². The van der Waals surface area contributed by atoms with Gasteiger partial charge in [-0.15, -0.1) is 11.6 Å². The molecule has 2 rings (SSSR count). The molecule has 0 aliphatic rings. The largest absolute Gasteiger partial charge is 0.496 e. The molecule has 1 unspecified atom stereocenters. The molecular weight excluding hydrogens is 272 g/mol. The van der Waals surface area contributed by atoms with Gasteiger partial charge in [0.25, 0.3) is 0 Å². The van der Waals surface area contributed by atoms with Crippen molar-refractivity contribution in [1.29, 1.82) is 0 Å². The second-order valence-corrected chi connectivity index (χ2v) is 5.25. The normalized spacial score (nSPS) is 13.8. The van der Waals surface area contributed by atoms with E-state index in [0.29, 0.717) is 18.1 Å². The standard InChI is InChI=1S/C17H19ClO2/c1-13-8-9-16(20-2)15(12-13)17(19,10-11-18)14-6-4-3-5-7-14/h3-9,12,19H,10-11H2,1-2H3. The predicted octanol–water partition coefficient (Wildman–Crippen LogP) is 3.87. The average Bonchev–Trinajstić information content (AvgIpc) is 2.48. The second kappa shape index (κ2) is 6.29. The van der Waals surface area contributed by atoms with Crippen LogP contribution in [0.5, 0.6) is 5.75 Å². The Hall–Kier alpha value is -1.51. The Balaban J connectivity index is 2.61. The van der Waals surface area contributed by atoms with Crippen LogP contribution in [0.2, 0.25) is 0 Å². The minimum Gasteiger partial charge on any atom is -0.496 e. The van der Waals surface area contributed by atoms with Gasteiger partial charge in [0.05, 0.1) is 7.11 Å². The molecule has 2 aromatic rings. The van der Waals surface area contributed by atoms with Crippen molar-refractivity contribution in [1.82, 2.24) is 0 Å². The topological polar surface area (TPSA) is 29.5 Å². The van der Waals surface area contributed by atoms with Gasteiger partial charge in [0.2, 0.25) is 0 Å². The summed E-state index contributed by atoms with van der Waals surface area (Å²) < 4.78 is 5.41. The number of hydrogen-bond acceptors (Lipinski definition) is 2. The van der Waals surface area contributed by atoms with E-state index in [-0.39, 0.29) is 0 Å². The number of ether oxygens (including phenoxy) is 1. The Labute approximate surface area is 125 Å². The van der Waals surface area contributed by atoms with E-state index in [2.05, 4.69) is 0 Å². The molecule has 2 nitrogen and oxygen atoms in total. The molecule has 0 aliphatic carbocycles. The Morgan fingerprint density at radius 1 is 1.15 bits per heavy atom. The van der Waals surface area contributed by atoms with Gasteiger partial charge in [0.15, 0.2) is 0 Å². The van der Waals surface area contributed by atoms with Crippen molar-refractivity contribution < 1.29 is 9.84 Å². The summed E-state index contributed by atoms with van der Waals surface area (Å²) in [5, 5.41) is 11.2. The van der Waals surface area contributed by atoms with Gasteiger partial charge in [-0.05, 0) is 31.0 Å². The number of aliphatic hydroxyl groups is 1. The molecule has 0 saturated heterocycles. The highest BCUT2D eigenvalue weighted by molar-refractivity contribution is 6.17. The SMILES string of the molecule is COc1ccc(C)cc1C(O)(CCCl)c1ccccc1. The summed E-state index contributed by atoms with van der Waals surface area (Å²) in [5.74, 6) is 1.04. The van der Waals surface area contributed by atoms with Crippen LogP contribution in [0.15, 0.2) is 48.5 Å². The third-order valence-corrected chi connectivity index (χ3v) is 3.70. The van der Waals surface area contributed by atoms with Crippen LogP contribution in [0.1, 0.15) is 23.1 Å². The highest BCUT2D eigenvalue weighted by Crippen LogP contribution is 2.39. The zero-order valence-electron chi connectivity index (χ0n) is 11.8. The summed E-state index contributed by atoms with van der Waals surface area (Å²) in [6, 6.07) is 15.4. The van der Waals surface area contributed by atoms with Crippen LogP contribution in [0.3, 0.4) is 0 Å². The van der Waals surface area contributed by atoms with Crippen LogP contribution in [-0.2, 0) is 5.60 Å². The van der Waals surface area contributed by atoms with Crippen LogP contribution in [0.25, 0.3) is 0 Å². The lowest BCUT2D eigenvalue weighted by Gasteiger charge is -2.30. The highest BCUT2D eigenvalue weighted by atomic mass is 35.5. The molecule has 0 bridgehead atoms. The molecule has 0 aliphatic heterocycles. The highest BCUT2D eigenvalue weighted by Gasteiger charge is 2.33. The minimum absolute atomic E-state index is 0.364. The maximum Gasteiger partial charge on any atom is 0.125 e. The molecule has 0 saturated carbocycles. The first-order valence-corrected chi connectivity index (χ1v) is 7.14. The van der Waals surface area contributed by atoms with E-state index in [0.717, 1.165) is 16.7 Å². The quantitative estimate of drug-likeness (QED) is 0.847. The van der Waals surface area contributed by atoms with E-state index in [9.17, 15) is 5.11 Å². The van der Waals surface area contributed by atoms with Crippen molar-refractivity contribution in [2.75, 3.05) is 13.0 Å². The number of benzene rings is 2.